The summed E-state index contributed by atoms with van der Waals surface area (Å²) in [5, 5.41) is 4.20. The molecule has 160 valence electrons. The second-order valence-electron chi connectivity index (χ2n) is 7.92. The van der Waals surface area contributed by atoms with Crippen molar-refractivity contribution < 1.29 is 4.42 Å². The standard InChI is InChI=1S/C22H20N4O2.C3H8/c1-13-11-26-12-19(25-21(26)14(2)24-13)18-9-17-4-3-16(10-20(17)28-22(18)27)15-5-7-23-8-6-15;1-3-2/h3-5,9-12,23H,6-8H2,1-2H3;3H2,1-2H3. The maximum absolute atomic E-state index is 12.7. The number of nitrogens with zero attached hydrogens (tertiary/aromatic N) is 3. The Kier molecular flexibility index (Phi) is 6.00. The van der Waals surface area contributed by atoms with Crippen LogP contribution in [0.4, 0.5) is 0 Å². The lowest BCUT2D eigenvalue weighted by atomic mass is 9.99. The molecule has 0 bridgehead atoms. The van der Waals surface area contributed by atoms with E-state index in [1.54, 1.807) is 0 Å². The largest absolute Gasteiger partial charge is 0.422 e. The topological polar surface area (TPSA) is 72.4 Å². The molecule has 6 nitrogen and oxygen atoms in total. The van der Waals surface area contributed by atoms with Crippen LogP contribution in [-0.4, -0.2) is 27.5 Å². The highest BCUT2D eigenvalue weighted by atomic mass is 16.4. The van der Waals surface area contributed by atoms with Gasteiger partial charge in [0.15, 0.2) is 5.65 Å². The van der Waals surface area contributed by atoms with Gasteiger partial charge in [0.2, 0.25) is 0 Å². The fraction of sp³-hybridized carbons (Fsp3) is 0.320. The van der Waals surface area contributed by atoms with Crippen molar-refractivity contribution in [3.05, 3.63) is 70.1 Å². The van der Waals surface area contributed by atoms with Crippen LogP contribution < -0.4 is 10.9 Å². The Morgan fingerprint density at radius 1 is 1.13 bits per heavy atom. The van der Waals surface area contributed by atoms with Crippen LogP contribution in [0.3, 0.4) is 0 Å². The van der Waals surface area contributed by atoms with Gasteiger partial charge in [0.05, 0.1) is 22.6 Å². The maximum atomic E-state index is 12.7. The summed E-state index contributed by atoms with van der Waals surface area (Å²) in [6, 6.07) is 7.91. The highest BCUT2D eigenvalue weighted by Gasteiger charge is 2.14. The first-order chi connectivity index (χ1) is 15.0. The number of hydrogen-bond donors (Lipinski definition) is 1. The van der Waals surface area contributed by atoms with Crippen LogP contribution in [0, 0.1) is 13.8 Å². The van der Waals surface area contributed by atoms with Crippen LogP contribution in [0.2, 0.25) is 0 Å². The highest BCUT2D eigenvalue weighted by molar-refractivity contribution is 5.85. The molecule has 0 radical (unpaired) electrons. The second kappa shape index (κ2) is 8.86. The highest BCUT2D eigenvalue weighted by Crippen LogP contribution is 2.26. The summed E-state index contributed by atoms with van der Waals surface area (Å²) in [5.41, 5.74) is 6.14. The van der Waals surface area contributed by atoms with E-state index in [1.165, 1.54) is 12.0 Å². The fourth-order valence-corrected chi connectivity index (χ4v) is 3.81. The number of imidazole rings is 1. The molecule has 1 aromatic carbocycles. The van der Waals surface area contributed by atoms with Crippen molar-refractivity contribution in [3.8, 4) is 11.3 Å². The molecular formula is C25H28N4O2. The summed E-state index contributed by atoms with van der Waals surface area (Å²) in [5.74, 6) is 0. The monoisotopic (exact) mass is 416 g/mol. The van der Waals surface area contributed by atoms with Crippen LogP contribution in [0.15, 0.2) is 51.9 Å². The summed E-state index contributed by atoms with van der Waals surface area (Å²) < 4.78 is 7.57. The summed E-state index contributed by atoms with van der Waals surface area (Å²) in [6.07, 6.45) is 8.16. The Bertz CT molecular complexity index is 1330. The van der Waals surface area contributed by atoms with E-state index >= 15 is 0 Å². The third-order valence-corrected chi connectivity index (χ3v) is 5.17. The third-order valence-electron chi connectivity index (χ3n) is 5.17. The summed E-state index contributed by atoms with van der Waals surface area (Å²) >= 11 is 0. The molecule has 1 aliphatic heterocycles. The molecule has 1 aliphatic rings. The molecule has 3 aromatic heterocycles. The lowest BCUT2D eigenvalue weighted by Gasteiger charge is -2.14. The van der Waals surface area contributed by atoms with Gasteiger partial charge in [0, 0.05) is 24.3 Å². The quantitative estimate of drug-likeness (QED) is 0.470. The maximum Gasteiger partial charge on any atom is 0.345 e. The Morgan fingerprint density at radius 3 is 2.68 bits per heavy atom. The molecule has 0 spiro atoms. The first-order valence-electron chi connectivity index (χ1n) is 10.8. The fourth-order valence-electron chi connectivity index (χ4n) is 3.81. The predicted molar refractivity (Wildman–Crippen MR) is 125 cm³/mol. The molecule has 0 amide bonds. The Hall–Kier alpha value is -3.25. The minimum Gasteiger partial charge on any atom is -0.422 e. The molecule has 5 rings (SSSR count). The summed E-state index contributed by atoms with van der Waals surface area (Å²) in [4.78, 5) is 21.7. The predicted octanol–water partition coefficient (Wildman–Crippen LogP) is 4.91. The van der Waals surface area contributed by atoms with Gasteiger partial charge in [-0.1, -0.05) is 38.5 Å². The molecule has 4 heterocycles. The number of nitrogens with one attached hydrogen (secondary N) is 1. The van der Waals surface area contributed by atoms with Crippen molar-refractivity contribution in [2.24, 2.45) is 0 Å². The van der Waals surface area contributed by atoms with E-state index < -0.39 is 0 Å². The smallest absolute Gasteiger partial charge is 0.345 e. The second-order valence-corrected chi connectivity index (χ2v) is 7.92. The molecule has 31 heavy (non-hydrogen) atoms. The van der Waals surface area contributed by atoms with E-state index in [1.807, 2.05) is 48.8 Å². The van der Waals surface area contributed by atoms with Crippen LogP contribution in [0.25, 0.3) is 33.4 Å². The lowest BCUT2D eigenvalue weighted by Crippen LogP contribution is -2.20. The molecular weight excluding hydrogens is 388 g/mol. The van der Waals surface area contributed by atoms with Gasteiger partial charge in [-0.3, -0.25) is 4.98 Å². The normalized spacial score (nSPS) is 13.7. The molecule has 0 fully saturated rings. The number of fused-ring (bicyclic) bond motifs is 2. The zero-order valence-electron chi connectivity index (χ0n) is 18.5. The number of benzene rings is 1. The van der Waals surface area contributed by atoms with E-state index in [0.717, 1.165) is 47.5 Å². The van der Waals surface area contributed by atoms with E-state index in [4.69, 9.17) is 4.42 Å². The van der Waals surface area contributed by atoms with E-state index in [9.17, 15) is 4.79 Å². The van der Waals surface area contributed by atoms with Gasteiger partial charge in [-0.25, -0.2) is 9.78 Å². The Morgan fingerprint density at radius 2 is 1.94 bits per heavy atom. The van der Waals surface area contributed by atoms with Crippen molar-refractivity contribution in [1.29, 1.82) is 0 Å². The van der Waals surface area contributed by atoms with Gasteiger partial charge in [-0.05, 0) is 50.1 Å². The van der Waals surface area contributed by atoms with Gasteiger partial charge in [-0.15, -0.1) is 0 Å². The Balaban J connectivity index is 0.000000730. The number of rotatable bonds is 2. The van der Waals surface area contributed by atoms with Crippen molar-refractivity contribution in [2.75, 3.05) is 13.1 Å². The molecule has 6 heteroatoms. The van der Waals surface area contributed by atoms with Crippen LogP contribution in [0.5, 0.6) is 0 Å². The van der Waals surface area contributed by atoms with E-state index in [0.29, 0.717) is 16.8 Å². The van der Waals surface area contributed by atoms with Gasteiger partial charge < -0.3 is 14.1 Å². The zero-order chi connectivity index (χ0) is 22.0. The van der Waals surface area contributed by atoms with Crippen molar-refractivity contribution in [2.45, 2.75) is 40.5 Å². The first-order valence-corrected chi connectivity index (χ1v) is 10.8. The van der Waals surface area contributed by atoms with Crippen LogP contribution >= 0.6 is 0 Å². The molecule has 0 saturated carbocycles. The average molecular weight is 417 g/mol. The van der Waals surface area contributed by atoms with Crippen molar-refractivity contribution in [3.63, 3.8) is 0 Å². The van der Waals surface area contributed by atoms with Gasteiger partial charge in [-0.2, -0.15) is 0 Å². The molecule has 0 aliphatic carbocycles. The van der Waals surface area contributed by atoms with Crippen LogP contribution in [0.1, 0.15) is 43.6 Å². The zero-order valence-corrected chi connectivity index (χ0v) is 18.5. The number of aryl methyl sites for hydroxylation is 2. The number of aromatic nitrogens is 3. The average Bonchev–Trinajstić information content (AvgIpc) is 3.18. The van der Waals surface area contributed by atoms with Crippen LogP contribution in [-0.2, 0) is 0 Å². The SMILES string of the molecule is CCC.Cc1cn2cc(-c3cc4ccc(C5=CCNCC5)cc4oc3=O)nc2c(C)n1. The van der Waals surface area contributed by atoms with Gasteiger partial charge in [0.25, 0.3) is 0 Å². The molecule has 0 saturated heterocycles. The minimum absolute atomic E-state index is 0.380. The first kappa shape index (κ1) is 21.0. The van der Waals surface area contributed by atoms with Crippen molar-refractivity contribution >= 4 is 22.2 Å². The molecule has 4 aromatic rings. The third kappa shape index (κ3) is 4.30. The summed E-state index contributed by atoms with van der Waals surface area (Å²) in [7, 11) is 0. The molecule has 1 N–H and O–H groups in total. The van der Waals surface area contributed by atoms with Crippen molar-refractivity contribution in [1.82, 2.24) is 19.7 Å². The van der Waals surface area contributed by atoms with Gasteiger partial charge >= 0.3 is 5.63 Å². The molecule has 0 atom stereocenters. The minimum atomic E-state index is -0.380. The van der Waals surface area contributed by atoms with E-state index in [2.05, 4.69) is 41.3 Å². The van der Waals surface area contributed by atoms with Gasteiger partial charge in [0.1, 0.15) is 5.58 Å². The lowest BCUT2D eigenvalue weighted by molar-refractivity contribution is 0.563. The van der Waals surface area contributed by atoms with E-state index in [-0.39, 0.29) is 5.63 Å². The number of hydrogen-bond acceptors (Lipinski definition) is 5. The molecule has 0 unspecified atom stereocenters. The summed E-state index contributed by atoms with van der Waals surface area (Å²) in [6.45, 7) is 9.94. The Labute approximate surface area is 181 Å².